The molecule has 3 aromatic heterocycles. The summed E-state index contributed by atoms with van der Waals surface area (Å²) in [6, 6.07) is 0. The van der Waals surface area contributed by atoms with Gasteiger partial charge in [-0.25, -0.2) is 9.97 Å². The molecule has 0 unspecified atom stereocenters. The number of hydrogen-bond acceptors (Lipinski definition) is 7. The molecule has 4 rings (SSSR count). The lowest BCUT2D eigenvalue weighted by Gasteiger charge is -2.30. The van der Waals surface area contributed by atoms with E-state index in [-0.39, 0.29) is 17.7 Å². The minimum atomic E-state index is -0.217. The number of nitrogens with zero attached hydrogens (tertiary/aromatic N) is 5. The van der Waals surface area contributed by atoms with Crippen LogP contribution in [-0.4, -0.2) is 49.6 Å². The molecule has 10 heteroatoms. The van der Waals surface area contributed by atoms with Crippen molar-refractivity contribution in [3.63, 3.8) is 0 Å². The molecule has 1 fully saturated rings. The van der Waals surface area contributed by atoms with E-state index in [0.29, 0.717) is 18.8 Å². The van der Waals surface area contributed by atoms with E-state index in [2.05, 4.69) is 20.4 Å². The number of likely N-dealkylation sites (tertiary alicyclic amines) is 1. The number of rotatable bonds is 4. The SMILES string of the molecule is Cc1nc(C)c(C(=O)N2CCC(c3nc(C(=O)Nc4c(C)nn(C)c4C)cs3)CC2)s1. The Morgan fingerprint density at radius 1 is 1.10 bits per heavy atom. The molecule has 1 aliphatic rings. The molecule has 164 valence electrons. The van der Waals surface area contributed by atoms with Crippen molar-refractivity contribution in [3.05, 3.63) is 43.0 Å². The molecule has 1 N–H and O–H groups in total. The molecule has 31 heavy (non-hydrogen) atoms. The lowest BCUT2D eigenvalue weighted by molar-refractivity contribution is 0.0717. The lowest BCUT2D eigenvalue weighted by atomic mass is 9.97. The molecule has 0 aliphatic carbocycles. The summed E-state index contributed by atoms with van der Waals surface area (Å²) in [5.41, 5.74) is 3.67. The molecule has 0 saturated carbocycles. The normalized spacial score (nSPS) is 14.8. The third kappa shape index (κ3) is 4.27. The van der Waals surface area contributed by atoms with E-state index in [9.17, 15) is 9.59 Å². The van der Waals surface area contributed by atoms with Crippen molar-refractivity contribution in [1.29, 1.82) is 0 Å². The van der Waals surface area contributed by atoms with Crippen LogP contribution < -0.4 is 5.32 Å². The van der Waals surface area contributed by atoms with Gasteiger partial charge in [0.2, 0.25) is 0 Å². The van der Waals surface area contributed by atoms with Crippen LogP contribution in [0.4, 0.5) is 5.69 Å². The summed E-state index contributed by atoms with van der Waals surface area (Å²) in [6.45, 7) is 8.99. The summed E-state index contributed by atoms with van der Waals surface area (Å²) in [6.07, 6.45) is 1.69. The number of anilines is 1. The van der Waals surface area contributed by atoms with Crippen molar-refractivity contribution >= 4 is 40.2 Å². The van der Waals surface area contributed by atoms with E-state index in [1.165, 1.54) is 22.7 Å². The van der Waals surface area contributed by atoms with Gasteiger partial charge in [0.15, 0.2) is 0 Å². The summed E-state index contributed by atoms with van der Waals surface area (Å²) in [5.74, 6) is 0.120. The first-order valence-corrected chi connectivity index (χ1v) is 11.9. The Kier molecular flexibility index (Phi) is 5.94. The molecule has 0 spiro atoms. The highest BCUT2D eigenvalue weighted by atomic mass is 32.1. The number of nitrogens with one attached hydrogen (secondary N) is 1. The van der Waals surface area contributed by atoms with Gasteiger partial charge in [-0.1, -0.05) is 0 Å². The van der Waals surface area contributed by atoms with Crippen LogP contribution in [0, 0.1) is 27.7 Å². The Morgan fingerprint density at radius 3 is 2.39 bits per heavy atom. The van der Waals surface area contributed by atoms with Gasteiger partial charge in [-0.3, -0.25) is 14.3 Å². The van der Waals surface area contributed by atoms with Crippen molar-refractivity contribution in [2.45, 2.75) is 46.5 Å². The molecule has 0 atom stereocenters. The quantitative estimate of drug-likeness (QED) is 0.641. The summed E-state index contributed by atoms with van der Waals surface area (Å²) in [5, 5.41) is 11.0. The van der Waals surface area contributed by atoms with Gasteiger partial charge in [0.25, 0.3) is 11.8 Å². The average molecular weight is 459 g/mol. The zero-order valence-corrected chi connectivity index (χ0v) is 20.0. The molecule has 1 aliphatic heterocycles. The zero-order chi connectivity index (χ0) is 22.3. The predicted octanol–water partition coefficient (Wildman–Crippen LogP) is 3.84. The third-order valence-electron chi connectivity index (χ3n) is 5.73. The molecule has 0 aromatic carbocycles. The zero-order valence-electron chi connectivity index (χ0n) is 18.4. The van der Waals surface area contributed by atoms with Crippen molar-refractivity contribution in [2.24, 2.45) is 7.05 Å². The Bertz CT molecular complexity index is 1140. The maximum Gasteiger partial charge on any atom is 0.275 e. The van der Waals surface area contributed by atoms with Crippen LogP contribution in [0.2, 0.25) is 0 Å². The van der Waals surface area contributed by atoms with Gasteiger partial charge in [-0.2, -0.15) is 5.10 Å². The molecule has 4 heterocycles. The van der Waals surface area contributed by atoms with Crippen LogP contribution >= 0.6 is 22.7 Å². The lowest BCUT2D eigenvalue weighted by Crippen LogP contribution is -2.37. The topological polar surface area (TPSA) is 93.0 Å². The number of aromatic nitrogens is 4. The van der Waals surface area contributed by atoms with E-state index in [1.807, 2.05) is 45.0 Å². The maximum atomic E-state index is 12.8. The molecular formula is C21H26N6O2S2. The van der Waals surface area contributed by atoms with E-state index in [4.69, 9.17) is 0 Å². The number of amides is 2. The first-order valence-electron chi connectivity index (χ1n) is 10.2. The van der Waals surface area contributed by atoms with Crippen molar-refractivity contribution in [1.82, 2.24) is 24.6 Å². The summed E-state index contributed by atoms with van der Waals surface area (Å²) in [4.78, 5) is 37.1. The van der Waals surface area contributed by atoms with Gasteiger partial charge < -0.3 is 10.2 Å². The number of piperidine rings is 1. The first-order chi connectivity index (χ1) is 14.7. The predicted molar refractivity (Wildman–Crippen MR) is 122 cm³/mol. The summed E-state index contributed by atoms with van der Waals surface area (Å²) < 4.78 is 1.75. The number of carbonyl (C=O) groups excluding carboxylic acids is 2. The smallest absolute Gasteiger partial charge is 0.275 e. The number of carbonyl (C=O) groups is 2. The van der Waals surface area contributed by atoms with Gasteiger partial charge in [0.1, 0.15) is 10.6 Å². The summed E-state index contributed by atoms with van der Waals surface area (Å²) in [7, 11) is 1.85. The standard InChI is InChI=1S/C21H26N6O2S2/c1-11-17(13(3)26(5)25-11)24-19(28)16-10-30-20(23-16)15-6-8-27(9-7-15)21(29)18-12(2)22-14(4)31-18/h10,15H,6-9H2,1-5H3,(H,24,28). The second kappa shape index (κ2) is 8.51. The van der Waals surface area contributed by atoms with Gasteiger partial charge >= 0.3 is 0 Å². The van der Waals surface area contributed by atoms with Crippen LogP contribution in [0.3, 0.4) is 0 Å². The molecule has 0 radical (unpaired) electrons. The minimum Gasteiger partial charge on any atom is -0.338 e. The highest BCUT2D eigenvalue weighted by Crippen LogP contribution is 2.32. The van der Waals surface area contributed by atoms with E-state index >= 15 is 0 Å². The Balaban J connectivity index is 1.38. The van der Waals surface area contributed by atoms with Crippen molar-refractivity contribution < 1.29 is 9.59 Å². The van der Waals surface area contributed by atoms with Gasteiger partial charge in [0, 0.05) is 31.4 Å². The number of thiazole rings is 2. The summed E-state index contributed by atoms with van der Waals surface area (Å²) >= 11 is 2.98. The average Bonchev–Trinajstić information content (AvgIpc) is 3.42. The van der Waals surface area contributed by atoms with Gasteiger partial charge in [-0.05, 0) is 40.5 Å². The first kappa shape index (κ1) is 21.6. The second-order valence-electron chi connectivity index (χ2n) is 7.91. The molecule has 2 amide bonds. The highest BCUT2D eigenvalue weighted by molar-refractivity contribution is 7.13. The van der Waals surface area contributed by atoms with Gasteiger partial charge in [-0.15, -0.1) is 22.7 Å². The fourth-order valence-electron chi connectivity index (χ4n) is 3.91. The van der Waals surface area contributed by atoms with E-state index in [0.717, 1.165) is 50.5 Å². The minimum absolute atomic E-state index is 0.0722. The van der Waals surface area contributed by atoms with Crippen LogP contribution in [0.15, 0.2) is 5.38 Å². The van der Waals surface area contributed by atoms with Crippen molar-refractivity contribution in [3.8, 4) is 0 Å². The Labute approximate surface area is 189 Å². The van der Waals surface area contributed by atoms with E-state index < -0.39 is 0 Å². The second-order valence-corrected chi connectivity index (χ2v) is 10.0. The monoisotopic (exact) mass is 458 g/mol. The molecule has 0 bridgehead atoms. The number of hydrogen-bond donors (Lipinski definition) is 1. The van der Waals surface area contributed by atoms with Crippen LogP contribution in [-0.2, 0) is 7.05 Å². The van der Waals surface area contributed by atoms with Crippen LogP contribution in [0.5, 0.6) is 0 Å². The van der Waals surface area contributed by atoms with Crippen molar-refractivity contribution in [2.75, 3.05) is 18.4 Å². The molecule has 8 nitrogen and oxygen atoms in total. The van der Waals surface area contributed by atoms with Crippen LogP contribution in [0.1, 0.15) is 66.0 Å². The fraction of sp³-hybridized carbons (Fsp3) is 0.476. The van der Waals surface area contributed by atoms with E-state index in [1.54, 1.807) is 4.68 Å². The maximum absolute atomic E-state index is 12.8. The third-order valence-corrected chi connectivity index (χ3v) is 7.80. The molecular weight excluding hydrogens is 432 g/mol. The number of aryl methyl sites for hydroxylation is 4. The Hall–Kier alpha value is -2.59. The fourth-order valence-corrected chi connectivity index (χ4v) is 5.77. The highest BCUT2D eigenvalue weighted by Gasteiger charge is 2.28. The largest absolute Gasteiger partial charge is 0.338 e. The van der Waals surface area contributed by atoms with Gasteiger partial charge in [0.05, 0.1) is 32.8 Å². The Morgan fingerprint density at radius 2 is 1.81 bits per heavy atom. The van der Waals surface area contributed by atoms with Crippen LogP contribution in [0.25, 0.3) is 0 Å². The molecule has 1 saturated heterocycles. The molecule has 3 aromatic rings.